The van der Waals surface area contributed by atoms with Gasteiger partial charge < -0.3 is 15.0 Å². The molecule has 0 heterocycles. The molecule has 3 aromatic rings. The summed E-state index contributed by atoms with van der Waals surface area (Å²) in [6.07, 6.45) is 1.20. The molecule has 0 unspecified atom stereocenters. The van der Waals surface area contributed by atoms with E-state index in [0.29, 0.717) is 28.0 Å². The number of rotatable bonds is 13. The molecule has 0 aromatic heterocycles. The Hall–Kier alpha value is -2.67. The smallest absolute Gasteiger partial charge is 0.243 e. The molecule has 8 heteroatoms. The van der Waals surface area contributed by atoms with Crippen molar-refractivity contribution in [1.29, 1.82) is 0 Å². The number of benzene rings is 3. The van der Waals surface area contributed by atoms with E-state index >= 15 is 0 Å². The highest BCUT2D eigenvalue weighted by molar-refractivity contribution is 7.99. The van der Waals surface area contributed by atoms with Crippen molar-refractivity contribution in [3.63, 3.8) is 0 Å². The molecule has 2 atom stereocenters. The third-order valence-corrected chi connectivity index (χ3v) is 7.94. The average Bonchev–Trinajstić information content (AvgIpc) is 2.92. The molecule has 5 nitrogen and oxygen atoms in total. The minimum atomic E-state index is -0.686. The quantitative estimate of drug-likeness (QED) is 0.245. The molecule has 3 rings (SSSR count). The summed E-state index contributed by atoms with van der Waals surface area (Å²) in [5.74, 6) is 1.05. The van der Waals surface area contributed by atoms with Crippen molar-refractivity contribution in [3.8, 4) is 5.75 Å². The van der Waals surface area contributed by atoms with Crippen molar-refractivity contribution in [1.82, 2.24) is 10.2 Å². The molecule has 0 radical (unpaired) electrons. The van der Waals surface area contributed by atoms with Gasteiger partial charge >= 0.3 is 0 Å². The van der Waals surface area contributed by atoms with Crippen molar-refractivity contribution in [2.24, 2.45) is 0 Å². The fourth-order valence-electron chi connectivity index (χ4n) is 3.96. The van der Waals surface area contributed by atoms with Crippen molar-refractivity contribution in [2.45, 2.75) is 51.1 Å². The number of amides is 2. The van der Waals surface area contributed by atoms with E-state index in [-0.39, 0.29) is 30.2 Å². The van der Waals surface area contributed by atoms with Crippen LogP contribution in [0.3, 0.4) is 0 Å². The van der Waals surface area contributed by atoms with Gasteiger partial charge in [-0.25, -0.2) is 0 Å². The van der Waals surface area contributed by atoms with Gasteiger partial charge in [0, 0.05) is 34.8 Å². The molecule has 0 aliphatic heterocycles. The van der Waals surface area contributed by atoms with Crippen LogP contribution in [0.25, 0.3) is 0 Å². The predicted molar refractivity (Wildman–Crippen MR) is 158 cm³/mol. The Labute approximate surface area is 239 Å². The molecule has 1 N–H and O–H groups in total. The predicted octanol–water partition coefficient (Wildman–Crippen LogP) is 6.79. The molecule has 3 aromatic carbocycles. The first-order valence-electron chi connectivity index (χ1n) is 12.6. The van der Waals surface area contributed by atoms with E-state index in [9.17, 15) is 9.59 Å². The molecule has 0 saturated carbocycles. The highest BCUT2D eigenvalue weighted by Crippen LogP contribution is 2.29. The molecule has 38 heavy (non-hydrogen) atoms. The molecule has 0 saturated heterocycles. The van der Waals surface area contributed by atoms with Gasteiger partial charge in [-0.1, -0.05) is 78.7 Å². The van der Waals surface area contributed by atoms with Gasteiger partial charge in [0.1, 0.15) is 11.8 Å². The average molecular weight is 574 g/mol. The van der Waals surface area contributed by atoms with Crippen LogP contribution in [-0.4, -0.2) is 41.7 Å². The topological polar surface area (TPSA) is 58.6 Å². The maximum Gasteiger partial charge on any atom is 0.243 e. The van der Waals surface area contributed by atoms with Gasteiger partial charge in [-0.05, 0) is 54.3 Å². The maximum absolute atomic E-state index is 13.8. The number of methoxy groups -OCH3 is 1. The third kappa shape index (κ3) is 8.69. The van der Waals surface area contributed by atoms with E-state index in [2.05, 4.69) is 5.32 Å². The molecule has 2 amide bonds. The van der Waals surface area contributed by atoms with Crippen LogP contribution in [0.15, 0.2) is 72.8 Å². The lowest BCUT2D eigenvalue weighted by Gasteiger charge is -2.32. The first-order chi connectivity index (χ1) is 18.3. The second-order valence-corrected chi connectivity index (χ2v) is 10.9. The number of carbonyl (C=O) groups is 2. The summed E-state index contributed by atoms with van der Waals surface area (Å²) in [5.41, 5.74) is 2.66. The first kappa shape index (κ1) is 29.9. The molecule has 0 bridgehead atoms. The van der Waals surface area contributed by atoms with Gasteiger partial charge in [0.2, 0.25) is 11.8 Å². The van der Waals surface area contributed by atoms with E-state index < -0.39 is 6.04 Å². The molecular weight excluding hydrogens is 539 g/mol. The summed E-state index contributed by atoms with van der Waals surface area (Å²) >= 11 is 14.1. The van der Waals surface area contributed by atoms with Crippen LogP contribution in [0, 0.1) is 0 Å². The van der Waals surface area contributed by atoms with E-state index in [4.69, 9.17) is 27.9 Å². The fraction of sp³-hybridized carbons (Fsp3) is 0.333. The molecule has 0 aliphatic carbocycles. The van der Waals surface area contributed by atoms with Crippen LogP contribution in [0.2, 0.25) is 10.0 Å². The Morgan fingerprint density at radius 2 is 1.63 bits per heavy atom. The lowest BCUT2D eigenvalue weighted by Crippen LogP contribution is -2.52. The van der Waals surface area contributed by atoms with Crippen LogP contribution < -0.4 is 10.1 Å². The van der Waals surface area contributed by atoms with Gasteiger partial charge in [0.15, 0.2) is 0 Å². The highest BCUT2D eigenvalue weighted by atomic mass is 35.5. The minimum absolute atomic E-state index is 0.00807. The van der Waals surface area contributed by atoms with Gasteiger partial charge in [0.05, 0.1) is 12.9 Å². The fourth-order valence-corrected chi connectivity index (χ4v) is 5.60. The van der Waals surface area contributed by atoms with Crippen molar-refractivity contribution in [3.05, 3.63) is 99.5 Å². The number of ether oxygens (including phenoxy) is 1. The zero-order chi connectivity index (χ0) is 27.5. The summed E-state index contributed by atoms with van der Waals surface area (Å²) in [4.78, 5) is 29.1. The number of nitrogens with one attached hydrogen (secondary N) is 1. The van der Waals surface area contributed by atoms with Crippen molar-refractivity contribution < 1.29 is 14.3 Å². The second-order valence-electron chi connectivity index (χ2n) is 9.09. The number of hydrogen-bond donors (Lipinski definition) is 1. The Morgan fingerprint density at radius 1 is 0.974 bits per heavy atom. The highest BCUT2D eigenvalue weighted by Gasteiger charge is 2.31. The lowest BCUT2D eigenvalue weighted by atomic mass is 10.0. The van der Waals surface area contributed by atoms with E-state index in [1.807, 2.05) is 68.4 Å². The first-order valence-corrected chi connectivity index (χ1v) is 14.5. The summed E-state index contributed by atoms with van der Waals surface area (Å²) in [5, 5.41) is 4.23. The minimum Gasteiger partial charge on any atom is -0.497 e. The monoisotopic (exact) mass is 572 g/mol. The SMILES string of the molecule is CC[C@H](C)NC(=O)[C@@H](Cc1ccccc1)N(Cc1cccc(OC)c1)C(=O)CSCc1c(Cl)cccc1Cl. The van der Waals surface area contributed by atoms with Crippen LogP contribution in [0.1, 0.15) is 37.0 Å². The van der Waals surface area contributed by atoms with Crippen LogP contribution >= 0.6 is 35.0 Å². The molecular formula is C30H34Cl2N2O3S. The van der Waals surface area contributed by atoms with Crippen LogP contribution in [0.4, 0.5) is 0 Å². The van der Waals surface area contributed by atoms with E-state index in [0.717, 1.165) is 23.1 Å². The standard InChI is InChI=1S/C30H34Cl2N2O3S/c1-4-21(2)33-30(36)28(17-22-10-6-5-7-11-22)34(18-23-12-8-13-24(16-23)37-3)29(35)20-38-19-25-26(31)14-9-15-27(25)32/h5-16,21,28H,4,17-20H2,1-3H3,(H,33,36)/t21-,28+/m0/s1. The van der Waals surface area contributed by atoms with Gasteiger partial charge in [-0.3, -0.25) is 9.59 Å². The van der Waals surface area contributed by atoms with Crippen molar-refractivity contribution >= 4 is 46.8 Å². The summed E-state index contributed by atoms with van der Waals surface area (Å²) in [6.45, 7) is 4.26. The number of thioether (sulfide) groups is 1. The lowest BCUT2D eigenvalue weighted by molar-refractivity contribution is -0.139. The Bertz CT molecular complexity index is 1190. The normalized spacial score (nSPS) is 12.4. The van der Waals surface area contributed by atoms with Crippen molar-refractivity contribution in [2.75, 3.05) is 12.9 Å². The summed E-state index contributed by atoms with van der Waals surface area (Å²) in [6, 6.07) is 22.0. The summed E-state index contributed by atoms with van der Waals surface area (Å²) < 4.78 is 5.39. The molecule has 0 spiro atoms. The molecule has 202 valence electrons. The molecule has 0 aliphatic rings. The Kier molecular flexibility index (Phi) is 11.8. The second kappa shape index (κ2) is 15.1. The maximum atomic E-state index is 13.8. The van der Waals surface area contributed by atoms with Crippen LogP contribution in [0.5, 0.6) is 5.75 Å². The zero-order valence-electron chi connectivity index (χ0n) is 22.0. The number of halogens is 2. The van der Waals surface area contributed by atoms with Gasteiger partial charge in [-0.15, -0.1) is 11.8 Å². The number of carbonyl (C=O) groups excluding carboxylic acids is 2. The third-order valence-electron chi connectivity index (χ3n) is 6.29. The summed E-state index contributed by atoms with van der Waals surface area (Å²) in [7, 11) is 1.61. The Morgan fingerprint density at radius 3 is 2.29 bits per heavy atom. The largest absolute Gasteiger partial charge is 0.497 e. The van der Waals surface area contributed by atoms with Gasteiger partial charge in [0.25, 0.3) is 0 Å². The Balaban J connectivity index is 1.89. The van der Waals surface area contributed by atoms with E-state index in [1.54, 1.807) is 30.2 Å². The number of nitrogens with zero attached hydrogens (tertiary/aromatic N) is 1. The molecule has 0 fully saturated rings. The zero-order valence-corrected chi connectivity index (χ0v) is 24.3. The van der Waals surface area contributed by atoms with Crippen LogP contribution in [-0.2, 0) is 28.3 Å². The number of hydrogen-bond acceptors (Lipinski definition) is 4. The van der Waals surface area contributed by atoms with Gasteiger partial charge in [-0.2, -0.15) is 0 Å². The van der Waals surface area contributed by atoms with E-state index in [1.165, 1.54) is 11.8 Å².